The number of carbonyl (C=O) groups is 2. The lowest BCUT2D eigenvalue weighted by molar-refractivity contribution is -0.135. The smallest absolute Gasteiger partial charge is 0.271 e. The van der Waals surface area contributed by atoms with E-state index in [4.69, 9.17) is 4.42 Å². The fourth-order valence-electron chi connectivity index (χ4n) is 5.02. The molecule has 1 fully saturated rings. The van der Waals surface area contributed by atoms with Gasteiger partial charge in [0, 0.05) is 31.3 Å². The van der Waals surface area contributed by atoms with Gasteiger partial charge in [-0.25, -0.2) is 0 Å². The van der Waals surface area contributed by atoms with Crippen molar-refractivity contribution in [1.82, 2.24) is 19.7 Å². The number of likely N-dealkylation sites (N-methyl/N-ethyl adjacent to an activating group) is 1. The lowest BCUT2D eigenvalue weighted by atomic mass is 9.88. The molecule has 2 aromatic rings. The van der Waals surface area contributed by atoms with Crippen LogP contribution in [0.3, 0.4) is 0 Å². The maximum absolute atomic E-state index is 13.8. The first-order chi connectivity index (χ1) is 14.5. The number of furan rings is 1. The lowest BCUT2D eigenvalue weighted by Crippen LogP contribution is -2.67. The molecule has 164 valence electrons. The summed E-state index contributed by atoms with van der Waals surface area (Å²) in [6.45, 7) is 3.70. The van der Waals surface area contributed by atoms with E-state index in [0.29, 0.717) is 37.3 Å². The maximum atomic E-state index is 13.8. The minimum absolute atomic E-state index is 0.0139. The first kappa shape index (κ1) is 21.0. The summed E-state index contributed by atoms with van der Waals surface area (Å²) in [6, 6.07) is 3.89. The molecule has 1 N–H and O–H groups in total. The zero-order valence-corrected chi connectivity index (χ0v) is 18.4. The van der Waals surface area contributed by atoms with Crippen LogP contribution in [0.1, 0.15) is 62.4 Å². The number of aromatic nitrogens is 1. The molecular weight excluding hydrogens is 380 g/mol. The fraction of sp³-hybridized carbons (Fsp3) is 0.652. The van der Waals surface area contributed by atoms with E-state index in [1.807, 2.05) is 42.6 Å². The Labute approximate surface area is 178 Å². The Balaban J connectivity index is 1.70. The Morgan fingerprint density at radius 3 is 2.67 bits per heavy atom. The minimum Gasteiger partial charge on any atom is -0.463 e. The predicted molar refractivity (Wildman–Crippen MR) is 116 cm³/mol. The predicted octanol–water partition coefficient (Wildman–Crippen LogP) is 3.24. The Morgan fingerprint density at radius 1 is 1.27 bits per heavy atom. The van der Waals surface area contributed by atoms with E-state index in [-0.39, 0.29) is 17.9 Å². The Kier molecular flexibility index (Phi) is 5.91. The van der Waals surface area contributed by atoms with Gasteiger partial charge in [0.1, 0.15) is 11.2 Å². The first-order valence-electron chi connectivity index (χ1n) is 11.3. The fourth-order valence-corrected chi connectivity index (χ4v) is 5.02. The average molecular weight is 415 g/mol. The van der Waals surface area contributed by atoms with Gasteiger partial charge in [-0.05, 0) is 33.4 Å². The normalized spacial score (nSPS) is 23.1. The molecule has 2 aromatic heterocycles. The molecule has 1 unspecified atom stereocenters. The monoisotopic (exact) mass is 414 g/mol. The molecule has 2 amide bonds. The van der Waals surface area contributed by atoms with Crippen molar-refractivity contribution in [2.75, 3.05) is 27.2 Å². The third-order valence-corrected chi connectivity index (χ3v) is 6.89. The van der Waals surface area contributed by atoms with Gasteiger partial charge < -0.3 is 24.1 Å². The molecule has 0 bridgehead atoms. The summed E-state index contributed by atoms with van der Waals surface area (Å²) in [7, 11) is 3.98. The van der Waals surface area contributed by atoms with Crippen LogP contribution in [-0.4, -0.2) is 64.9 Å². The quantitative estimate of drug-likeness (QED) is 0.737. The standard InChI is InChI=1S/C23H34N4O3/c1-4-23(22(29)24-17-9-7-5-6-8-10-17)16-26-18-11-14-30-20(18)15-19(26)21(28)27(23)13-12-25(2)3/h11,14-15,17H,4-10,12-13,16H2,1-3H3,(H,24,29). The van der Waals surface area contributed by atoms with Crippen LogP contribution >= 0.6 is 0 Å². The van der Waals surface area contributed by atoms with Crippen molar-refractivity contribution in [3.8, 4) is 0 Å². The van der Waals surface area contributed by atoms with E-state index in [2.05, 4.69) is 10.2 Å². The van der Waals surface area contributed by atoms with E-state index in [1.54, 1.807) is 6.26 Å². The van der Waals surface area contributed by atoms with Crippen LogP contribution in [0.25, 0.3) is 11.1 Å². The lowest BCUT2D eigenvalue weighted by Gasteiger charge is -2.46. The molecular formula is C23H34N4O3. The van der Waals surface area contributed by atoms with E-state index in [9.17, 15) is 9.59 Å². The van der Waals surface area contributed by atoms with Gasteiger partial charge in [0.25, 0.3) is 5.91 Å². The summed E-state index contributed by atoms with van der Waals surface area (Å²) in [6.07, 6.45) is 9.06. The molecule has 0 aromatic carbocycles. The van der Waals surface area contributed by atoms with Crippen molar-refractivity contribution in [2.45, 2.75) is 70.0 Å². The molecule has 1 atom stereocenters. The molecule has 1 aliphatic heterocycles. The molecule has 7 heteroatoms. The number of amides is 2. The van der Waals surface area contributed by atoms with Crippen LogP contribution in [-0.2, 0) is 11.3 Å². The molecule has 30 heavy (non-hydrogen) atoms. The number of nitrogens with zero attached hydrogens (tertiary/aromatic N) is 3. The zero-order chi connectivity index (χ0) is 21.3. The molecule has 1 saturated carbocycles. The number of hydrogen-bond acceptors (Lipinski definition) is 4. The van der Waals surface area contributed by atoms with Crippen molar-refractivity contribution in [3.63, 3.8) is 0 Å². The Hall–Kier alpha value is -2.28. The highest BCUT2D eigenvalue weighted by Gasteiger charge is 2.50. The maximum Gasteiger partial charge on any atom is 0.271 e. The van der Waals surface area contributed by atoms with Crippen LogP contribution < -0.4 is 5.32 Å². The zero-order valence-electron chi connectivity index (χ0n) is 18.4. The van der Waals surface area contributed by atoms with Crippen molar-refractivity contribution in [1.29, 1.82) is 0 Å². The van der Waals surface area contributed by atoms with Gasteiger partial charge in [0.05, 0.1) is 18.3 Å². The van der Waals surface area contributed by atoms with E-state index < -0.39 is 5.54 Å². The number of carbonyl (C=O) groups excluding carboxylic acids is 2. The van der Waals surface area contributed by atoms with Crippen molar-refractivity contribution in [3.05, 3.63) is 24.1 Å². The third-order valence-electron chi connectivity index (χ3n) is 6.89. The summed E-state index contributed by atoms with van der Waals surface area (Å²) in [4.78, 5) is 31.2. The summed E-state index contributed by atoms with van der Waals surface area (Å²) in [5.74, 6) is -0.104. The molecule has 4 rings (SSSR count). The molecule has 0 saturated heterocycles. The number of rotatable bonds is 6. The van der Waals surface area contributed by atoms with Crippen LogP contribution in [0.4, 0.5) is 0 Å². The van der Waals surface area contributed by atoms with Gasteiger partial charge in [-0.1, -0.05) is 32.6 Å². The molecule has 1 aliphatic carbocycles. The van der Waals surface area contributed by atoms with Gasteiger partial charge in [-0.15, -0.1) is 0 Å². The van der Waals surface area contributed by atoms with Gasteiger partial charge in [-0.2, -0.15) is 0 Å². The SMILES string of the molecule is CCC1(C(=O)NC2CCCCCC2)Cn2c(cc3occc32)C(=O)N1CCN(C)C. The van der Waals surface area contributed by atoms with Gasteiger partial charge >= 0.3 is 0 Å². The average Bonchev–Trinajstić information content (AvgIpc) is 3.21. The van der Waals surface area contributed by atoms with Crippen LogP contribution in [0.15, 0.2) is 22.8 Å². The van der Waals surface area contributed by atoms with E-state index >= 15 is 0 Å². The van der Waals surface area contributed by atoms with E-state index in [1.165, 1.54) is 12.8 Å². The van der Waals surface area contributed by atoms with Crippen molar-refractivity contribution < 1.29 is 14.0 Å². The van der Waals surface area contributed by atoms with Gasteiger partial charge in [0.15, 0.2) is 5.58 Å². The highest BCUT2D eigenvalue weighted by Crippen LogP contribution is 2.35. The first-order valence-corrected chi connectivity index (χ1v) is 11.3. The summed E-state index contributed by atoms with van der Waals surface area (Å²) >= 11 is 0. The Bertz CT molecular complexity index is 907. The van der Waals surface area contributed by atoms with E-state index in [0.717, 1.165) is 31.2 Å². The summed E-state index contributed by atoms with van der Waals surface area (Å²) in [5, 5.41) is 3.34. The van der Waals surface area contributed by atoms with Crippen LogP contribution in [0.5, 0.6) is 0 Å². The van der Waals surface area contributed by atoms with Crippen molar-refractivity contribution >= 4 is 22.9 Å². The second-order valence-corrected chi connectivity index (χ2v) is 9.09. The van der Waals surface area contributed by atoms with Crippen LogP contribution in [0.2, 0.25) is 0 Å². The second kappa shape index (κ2) is 8.46. The molecule has 0 radical (unpaired) electrons. The van der Waals surface area contributed by atoms with Gasteiger partial charge in [0.2, 0.25) is 5.91 Å². The number of nitrogens with one attached hydrogen (secondary N) is 1. The molecule has 7 nitrogen and oxygen atoms in total. The number of fused-ring (bicyclic) bond motifs is 3. The summed E-state index contributed by atoms with van der Waals surface area (Å²) in [5.41, 5.74) is 1.29. The highest BCUT2D eigenvalue weighted by atomic mass is 16.3. The third kappa shape index (κ3) is 3.64. The second-order valence-electron chi connectivity index (χ2n) is 9.09. The minimum atomic E-state index is -0.893. The van der Waals surface area contributed by atoms with Gasteiger partial charge in [-0.3, -0.25) is 9.59 Å². The molecule has 0 spiro atoms. The molecule has 3 heterocycles. The summed E-state index contributed by atoms with van der Waals surface area (Å²) < 4.78 is 7.53. The Morgan fingerprint density at radius 2 is 2.00 bits per heavy atom. The van der Waals surface area contributed by atoms with Crippen molar-refractivity contribution in [2.24, 2.45) is 0 Å². The number of hydrogen-bond donors (Lipinski definition) is 1. The topological polar surface area (TPSA) is 70.7 Å². The van der Waals surface area contributed by atoms with Crippen LogP contribution in [0, 0.1) is 0 Å². The highest BCUT2D eigenvalue weighted by molar-refractivity contribution is 6.03. The molecule has 2 aliphatic rings. The largest absolute Gasteiger partial charge is 0.463 e.